The quantitative estimate of drug-likeness (QED) is 0.690. The molecule has 0 bridgehead atoms. The average molecular weight is 284 g/mol. The molecule has 0 radical (unpaired) electrons. The minimum atomic E-state index is 0.950. The third kappa shape index (κ3) is 2.84. The third-order valence-corrected chi connectivity index (χ3v) is 4.69. The fourth-order valence-electron chi connectivity index (χ4n) is 2.82. The van der Waals surface area contributed by atoms with Crippen LogP contribution in [0.4, 0.5) is 5.69 Å². The molecule has 1 heterocycles. The second-order valence-electron chi connectivity index (χ2n) is 5.29. The van der Waals surface area contributed by atoms with Gasteiger partial charge in [-0.25, -0.2) is 0 Å². The van der Waals surface area contributed by atoms with E-state index in [0.717, 1.165) is 31.7 Å². The smallest absolute Gasteiger partial charge is 0.0350 e. The number of nitrogens with zero attached hydrogens (tertiary/aromatic N) is 1. The van der Waals surface area contributed by atoms with Gasteiger partial charge in [0, 0.05) is 30.2 Å². The molecule has 2 aromatic rings. The average Bonchev–Trinajstić information content (AvgIpc) is 2.48. The zero-order valence-electron chi connectivity index (χ0n) is 11.8. The van der Waals surface area contributed by atoms with Crippen LogP contribution in [0.5, 0.6) is 0 Å². The zero-order chi connectivity index (χ0) is 13.9. The van der Waals surface area contributed by atoms with Gasteiger partial charge in [0.25, 0.3) is 0 Å². The van der Waals surface area contributed by atoms with Crippen LogP contribution in [0.2, 0.25) is 0 Å². The Morgan fingerprint density at radius 1 is 1.15 bits per heavy atom. The summed E-state index contributed by atoms with van der Waals surface area (Å²) < 4.78 is 0. The number of nitrogens with two attached hydrogens (primary N) is 1. The maximum atomic E-state index is 6.05. The molecule has 20 heavy (non-hydrogen) atoms. The van der Waals surface area contributed by atoms with Crippen LogP contribution in [0.15, 0.2) is 47.4 Å². The van der Waals surface area contributed by atoms with Crippen LogP contribution in [0.1, 0.15) is 16.7 Å². The first kappa shape index (κ1) is 13.5. The van der Waals surface area contributed by atoms with Gasteiger partial charge < -0.3 is 5.73 Å². The van der Waals surface area contributed by atoms with Crippen LogP contribution in [0.3, 0.4) is 0 Å². The second kappa shape index (κ2) is 5.90. The van der Waals surface area contributed by atoms with Crippen molar-refractivity contribution >= 4 is 17.4 Å². The van der Waals surface area contributed by atoms with E-state index in [2.05, 4.69) is 47.6 Å². The number of rotatable bonds is 3. The summed E-state index contributed by atoms with van der Waals surface area (Å²) in [4.78, 5) is 3.82. The van der Waals surface area contributed by atoms with E-state index in [1.54, 1.807) is 11.8 Å². The second-order valence-corrected chi connectivity index (χ2v) is 6.17. The van der Waals surface area contributed by atoms with E-state index in [9.17, 15) is 0 Å². The van der Waals surface area contributed by atoms with Gasteiger partial charge in [0.1, 0.15) is 0 Å². The molecular weight excluding hydrogens is 264 g/mol. The normalized spacial score (nSPS) is 15.1. The van der Waals surface area contributed by atoms with Crippen LogP contribution in [0.25, 0.3) is 0 Å². The van der Waals surface area contributed by atoms with Crippen molar-refractivity contribution in [2.45, 2.75) is 24.4 Å². The van der Waals surface area contributed by atoms with Gasteiger partial charge in [-0.1, -0.05) is 24.3 Å². The van der Waals surface area contributed by atoms with Gasteiger partial charge >= 0.3 is 0 Å². The van der Waals surface area contributed by atoms with E-state index in [0.29, 0.717) is 0 Å². The topological polar surface area (TPSA) is 29.3 Å². The van der Waals surface area contributed by atoms with Crippen molar-refractivity contribution in [1.82, 2.24) is 4.90 Å². The highest BCUT2D eigenvalue weighted by Crippen LogP contribution is 2.25. The molecule has 3 heteroatoms. The Kier molecular flexibility index (Phi) is 3.99. The number of hydrogen-bond acceptors (Lipinski definition) is 3. The molecular formula is C17H20N2S. The molecule has 1 aliphatic rings. The molecule has 0 spiro atoms. The summed E-state index contributed by atoms with van der Waals surface area (Å²) in [7, 11) is 0. The summed E-state index contributed by atoms with van der Waals surface area (Å²) in [6.07, 6.45) is 3.17. The molecule has 104 valence electrons. The Hall–Kier alpha value is -1.45. The molecule has 2 nitrogen and oxygen atoms in total. The molecule has 0 saturated carbocycles. The van der Waals surface area contributed by atoms with E-state index < -0.39 is 0 Å². The molecule has 2 N–H and O–H groups in total. The number of anilines is 1. The first-order valence-corrected chi connectivity index (χ1v) is 8.20. The van der Waals surface area contributed by atoms with E-state index in [4.69, 9.17) is 5.73 Å². The number of benzene rings is 2. The third-order valence-electron chi connectivity index (χ3n) is 3.95. The summed E-state index contributed by atoms with van der Waals surface area (Å²) in [5.74, 6) is 0. The first-order valence-electron chi connectivity index (χ1n) is 6.98. The van der Waals surface area contributed by atoms with Crippen molar-refractivity contribution in [3.63, 3.8) is 0 Å². The highest BCUT2D eigenvalue weighted by Gasteiger charge is 2.17. The van der Waals surface area contributed by atoms with Crippen molar-refractivity contribution in [2.75, 3.05) is 18.5 Å². The molecule has 0 fully saturated rings. The lowest BCUT2D eigenvalue weighted by atomic mass is 9.97. The lowest BCUT2D eigenvalue weighted by Crippen LogP contribution is -2.30. The zero-order valence-corrected chi connectivity index (χ0v) is 12.6. The molecule has 0 saturated heterocycles. The Balaban J connectivity index is 1.70. The predicted molar refractivity (Wildman–Crippen MR) is 86.9 cm³/mol. The van der Waals surface area contributed by atoms with Crippen LogP contribution in [-0.2, 0) is 19.5 Å². The highest BCUT2D eigenvalue weighted by molar-refractivity contribution is 7.98. The molecule has 0 unspecified atom stereocenters. The number of nitrogen functional groups attached to an aromatic ring is 1. The van der Waals surface area contributed by atoms with Gasteiger partial charge in [0.05, 0.1) is 0 Å². The summed E-state index contributed by atoms with van der Waals surface area (Å²) in [6.45, 7) is 3.11. The lowest BCUT2D eigenvalue weighted by Gasteiger charge is -2.29. The van der Waals surface area contributed by atoms with Crippen molar-refractivity contribution in [1.29, 1.82) is 0 Å². The van der Waals surface area contributed by atoms with Gasteiger partial charge in [-0.3, -0.25) is 4.90 Å². The standard InChI is InChI=1S/C17H20N2S/c1-20-15-7-5-13(6-8-15)11-19-10-9-16-14(12-19)3-2-4-17(16)18/h2-8H,9-12,18H2,1H3. The maximum Gasteiger partial charge on any atom is 0.0350 e. The lowest BCUT2D eigenvalue weighted by molar-refractivity contribution is 0.246. The summed E-state index contributed by atoms with van der Waals surface area (Å²) in [5.41, 5.74) is 11.1. The van der Waals surface area contributed by atoms with Crippen LogP contribution in [0, 0.1) is 0 Å². The highest BCUT2D eigenvalue weighted by atomic mass is 32.2. The van der Waals surface area contributed by atoms with Crippen molar-refractivity contribution < 1.29 is 0 Å². The summed E-state index contributed by atoms with van der Waals surface area (Å²) in [6, 6.07) is 15.2. The van der Waals surface area contributed by atoms with Gasteiger partial charge in [0.15, 0.2) is 0 Å². The van der Waals surface area contributed by atoms with Gasteiger partial charge in [-0.2, -0.15) is 0 Å². The molecule has 0 aromatic heterocycles. The minimum absolute atomic E-state index is 0.950. The Labute approximate surface area is 125 Å². The van der Waals surface area contributed by atoms with Crippen LogP contribution < -0.4 is 5.73 Å². The fourth-order valence-corrected chi connectivity index (χ4v) is 3.23. The van der Waals surface area contributed by atoms with E-state index >= 15 is 0 Å². The van der Waals surface area contributed by atoms with E-state index in [1.807, 2.05) is 6.07 Å². The van der Waals surface area contributed by atoms with Crippen molar-refractivity contribution in [2.24, 2.45) is 0 Å². The Bertz CT molecular complexity index is 592. The number of hydrogen-bond donors (Lipinski definition) is 1. The summed E-state index contributed by atoms with van der Waals surface area (Å²) in [5, 5.41) is 0. The fraction of sp³-hybridized carbons (Fsp3) is 0.294. The van der Waals surface area contributed by atoms with Gasteiger partial charge in [0.2, 0.25) is 0 Å². The number of thioether (sulfide) groups is 1. The molecule has 1 aliphatic heterocycles. The van der Waals surface area contributed by atoms with Gasteiger partial charge in [-0.15, -0.1) is 11.8 Å². The summed E-state index contributed by atoms with van der Waals surface area (Å²) >= 11 is 1.79. The van der Waals surface area contributed by atoms with Crippen LogP contribution >= 0.6 is 11.8 Å². The minimum Gasteiger partial charge on any atom is -0.398 e. The molecule has 0 atom stereocenters. The maximum absolute atomic E-state index is 6.05. The molecule has 0 amide bonds. The predicted octanol–water partition coefficient (Wildman–Crippen LogP) is 3.55. The largest absolute Gasteiger partial charge is 0.398 e. The number of fused-ring (bicyclic) bond motifs is 1. The molecule has 0 aliphatic carbocycles. The molecule has 3 rings (SSSR count). The molecule has 2 aromatic carbocycles. The Morgan fingerprint density at radius 2 is 1.95 bits per heavy atom. The van der Waals surface area contributed by atoms with Crippen LogP contribution in [-0.4, -0.2) is 17.7 Å². The first-order chi connectivity index (χ1) is 9.76. The van der Waals surface area contributed by atoms with E-state index in [-0.39, 0.29) is 0 Å². The van der Waals surface area contributed by atoms with E-state index in [1.165, 1.54) is 21.6 Å². The Morgan fingerprint density at radius 3 is 2.70 bits per heavy atom. The van der Waals surface area contributed by atoms with Crippen molar-refractivity contribution in [3.05, 3.63) is 59.2 Å². The van der Waals surface area contributed by atoms with Crippen molar-refractivity contribution in [3.8, 4) is 0 Å². The SMILES string of the molecule is CSc1ccc(CN2CCc3c(N)cccc3C2)cc1. The van der Waals surface area contributed by atoms with Gasteiger partial charge in [-0.05, 0) is 47.6 Å². The monoisotopic (exact) mass is 284 g/mol.